The molecule has 0 radical (unpaired) electrons. The number of ether oxygens (including phenoxy) is 3. The molecule has 30 heavy (non-hydrogen) atoms. The van der Waals surface area contributed by atoms with Crippen molar-refractivity contribution in [2.75, 3.05) is 20.8 Å². The van der Waals surface area contributed by atoms with Crippen molar-refractivity contribution in [2.24, 2.45) is 0 Å². The summed E-state index contributed by atoms with van der Waals surface area (Å²) in [6.07, 6.45) is 0.123. The minimum Gasteiger partial charge on any atom is -0.497 e. The highest BCUT2D eigenvalue weighted by Gasteiger charge is 2.29. The maximum Gasteiger partial charge on any atom is 0.407 e. The maximum absolute atomic E-state index is 12.5. The molecule has 1 aromatic heterocycles. The summed E-state index contributed by atoms with van der Waals surface area (Å²) in [4.78, 5) is 25.1. The predicted octanol–water partition coefficient (Wildman–Crippen LogP) is 3.87. The first-order valence-electron chi connectivity index (χ1n) is 9.69. The van der Waals surface area contributed by atoms with E-state index in [1.54, 1.807) is 23.6 Å². The summed E-state index contributed by atoms with van der Waals surface area (Å²) in [6, 6.07) is 5.85. The van der Waals surface area contributed by atoms with E-state index >= 15 is 0 Å². The number of nitrogens with zero attached hydrogens (tertiary/aromatic N) is 2. The van der Waals surface area contributed by atoms with Crippen LogP contribution in [0.15, 0.2) is 23.1 Å². The Morgan fingerprint density at radius 1 is 1.27 bits per heavy atom. The summed E-state index contributed by atoms with van der Waals surface area (Å²) < 4.78 is 17.2. The first-order valence-corrected chi connectivity index (χ1v) is 10.7. The number of hydrogen-bond donors (Lipinski definition) is 1. The van der Waals surface area contributed by atoms with Crippen LogP contribution in [0.5, 0.6) is 5.75 Å². The fourth-order valence-electron chi connectivity index (χ4n) is 3.15. The number of thioether (sulfide) groups is 1. The number of benzene rings is 1. The lowest BCUT2D eigenvalue weighted by molar-refractivity contribution is 0.0522. The molecule has 0 spiro atoms. The Hall–Kier alpha value is -2.68. The zero-order valence-electron chi connectivity index (χ0n) is 17.9. The fourth-order valence-corrected chi connectivity index (χ4v) is 4.30. The summed E-state index contributed by atoms with van der Waals surface area (Å²) in [5.41, 5.74) is 2.76. The molecule has 1 N–H and O–H groups in total. The first kappa shape index (κ1) is 22.0. The number of hydrogen-bond acceptors (Lipinski definition) is 7. The third-order valence-corrected chi connectivity index (χ3v) is 5.57. The quantitative estimate of drug-likeness (QED) is 0.546. The van der Waals surface area contributed by atoms with Crippen LogP contribution in [0, 0.1) is 0 Å². The van der Waals surface area contributed by atoms with Crippen LogP contribution in [-0.4, -0.2) is 48.2 Å². The van der Waals surface area contributed by atoms with Crippen LogP contribution in [0.4, 0.5) is 4.79 Å². The normalized spacial score (nSPS) is 12.6. The van der Waals surface area contributed by atoms with E-state index in [1.807, 2.05) is 39.0 Å². The Kier molecular flexibility index (Phi) is 6.60. The van der Waals surface area contributed by atoms with E-state index in [2.05, 4.69) is 5.32 Å². The summed E-state index contributed by atoms with van der Waals surface area (Å²) in [7, 11) is 3.00. The zero-order valence-corrected chi connectivity index (χ0v) is 18.7. The van der Waals surface area contributed by atoms with Gasteiger partial charge in [0.15, 0.2) is 5.69 Å². The van der Waals surface area contributed by atoms with Gasteiger partial charge in [0.2, 0.25) is 0 Å². The Morgan fingerprint density at radius 2 is 2.03 bits per heavy atom. The van der Waals surface area contributed by atoms with Gasteiger partial charge in [-0.25, -0.2) is 9.59 Å². The van der Waals surface area contributed by atoms with Crippen LogP contribution in [0.3, 0.4) is 0 Å². The zero-order chi connectivity index (χ0) is 21.9. The van der Waals surface area contributed by atoms with Crippen molar-refractivity contribution >= 4 is 23.8 Å². The molecule has 1 aromatic carbocycles. The number of aromatic nitrogens is 2. The van der Waals surface area contributed by atoms with Crippen molar-refractivity contribution in [3.63, 3.8) is 0 Å². The Balaban J connectivity index is 1.78. The predicted molar refractivity (Wildman–Crippen MR) is 114 cm³/mol. The summed E-state index contributed by atoms with van der Waals surface area (Å²) in [6.45, 7) is 6.30. The maximum atomic E-state index is 12.5. The summed E-state index contributed by atoms with van der Waals surface area (Å²) >= 11 is 1.56. The molecule has 0 atom stereocenters. The lowest BCUT2D eigenvalue weighted by Gasteiger charge is -2.19. The van der Waals surface area contributed by atoms with Crippen LogP contribution in [0.25, 0.3) is 11.3 Å². The average molecular weight is 434 g/mol. The molecule has 1 aliphatic heterocycles. The summed E-state index contributed by atoms with van der Waals surface area (Å²) in [5.74, 6) is 1.09. The molecule has 0 unspecified atom stereocenters. The highest BCUT2D eigenvalue weighted by atomic mass is 32.2. The second-order valence-electron chi connectivity index (χ2n) is 7.84. The van der Waals surface area contributed by atoms with Crippen LogP contribution < -0.4 is 10.1 Å². The number of alkyl carbamates (subject to hydrolysis) is 1. The van der Waals surface area contributed by atoms with E-state index in [0.717, 1.165) is 33.2 Å². The van der Waals surface area contributed by atoms with Crippen molar-refractivity contribution in [3.05, 3.63) is 29.5 Å². The summed E-state index contributed by atoms with van der Waals surface area (Å²) in [5, 5.41) is 7.43. The van der Waals surface area contributed by atoms with Crippen LogP contribution in [0.2, 0.25) is 0 Å². The van der Waals surface area contributed by atoms with Gasteiger partial charge in [-0.1, -0.05) is 0 Å². The number of aryl methyl sites for hydroxylation is 1. The Bertz CT molecular complexity index is 949. The first-order chi connectivity index (χ1) is 14.2. The monoisotopic (exact) mass is 433 g/mol. The van der Waals surface area contributed by atoms with Gasteiger partial charge in [0.25, 0.3) is 0 Å². The van der Waals surface area contributed by atoms with Crippen LogP contribution >= 0.6 is 11.8 Å². The largest absolute Gasteiger partial charge is 0.497 e. The van der Waals surface area contributed by atoms with E-state index in [9.17, 15) is 9.59 Å². The van der Waals surface area contributed by atoms with Gasteiger partial charge in [-0.3, -0.25) is 4.68 Å². The number of esters is 1. The molecule has 2 heterocycles. The van der Waals surface area contributed by atoms with Gasteiger partial charge < -0.3 is 19.5 Å². The smallest absolute Gasteiger partial charge is 0.407 e. The molecule has 9 heteroatoms. The van der Waals surface area contributed by atoms with Gasteiger partial charge >= 0.3 is 12.1 Å². The highest BCUT2D eigenvalue weighted by molar-refractivity contribution is 7.98. The number of nitrogens with one attached hydrogen (secondary N) is 1. The molecule has 8 nitrogen and oxygen atoms in total. The average Bonchev–Trinajstić information content (AvgIpc) is 3.07. The van der Waals surface area contributed by atoms with Crippen molar-refractivity contribution < 1.29 is 23.8 Å². The number of carbonyl (C=O) groups excluding carboxylic acids is 2. The van der Waals surface area contributed by atoms with E-state index < -0.39 is 17.7 Å². The van der Waals surface area contributed by atoms with Crippen LogP contribution in [0.1, 0.15) is 43.2 Å². The molecule has 1 amide bonds. The minimum atomic E-state index is -0.545. The molecule has 0 saturated carbocycles. The second-order valence-corrected chi connectivity index (χ2v) is 8.82. The lowest BCUT2D eigenvalue weighted by atomic mass is 10.0. The molecule has 0 aliphatic carbocycles. The molecular weight excluding hydrogens is 406 g/mol. The Labute approximate surface area is 180 Å². The van der Waals surface area contributed by atoms with Gasteiger partial charge in [-0.05, 0) is 51.0 Å². The van der Waals surface area contributed by atoms with Gasteiger partial charge in [0, 0.05) is 24.4 Å². The Morgan fingerprint density at radius 3 is 2.70 bits per heavy atom. The number of amides is 1. The molecule has 3 rings (SSSR count). The van der Waals surface area contributed by atoms with Crippen LogP contribution in [-0.2, 0) is 21.8 Å². The SMILES string of the molecule is COC(=O)c1c2c(nn1CCCNC(=O)OC(C)(C)C)-c1ccc(OC)cc1CS2. The standard InChI is InChI=1S/C21H27N3O5S/c1-21(2,3)29-20(26)22-9-6-10-24-17(19(25)28-5)18-16(23-24)15-8-7-14(27-4)11-13(15)12-30-18/h7-8,11H,6,9-10,12H2,1-5H3,(H,22,26). The third kappa shape index (κ3) is 4.89. The van der Waals surface area contributed by atoms with E-state index in [-0.39, 0.29) is 0 Å². The lowest BCUT2D eigenvalue weighted by Crippen LogP contribution is -2.33. The number of methoxy groups -OCH3 is 2. The van der Waals surface area contributed by atoms with Gasteiger partial charge in [-0.15, -0.1) is 11.8 Å². The van der Waals surface area contributed by atoms with Crippen molar-refractivity contribution in [2.45, 2.75) is 50.0 Å². The van der Waals surface area contributed by atoms with Crippen molar-refractivity contribution in [3.8, 4) is 17.0 Å². The molecule has 1 aliphatic rings. The van der Waals surface area contributed by atoms with Gasteiger partial charge in [0.05, 0.1) is 19.1 Å². The highest BCUT2D eigenvalue weighted by Crippen LogP contribution is 2.44. The van der Waals surface area contributed by atoms with E-state index in [4.69, 9.17) is 19.3 Å². The van der Waals surface area contributed by atoms with Gasteiger partial charge in [0.1, 0.15) is 17.0 Å². The molecular formula is C21H27N3O5S. The second kappa shape index (κ2) is 8.99. The molecule has 2 aromatic rings. The van der Waals surface area contributed by atoms with Crippen molar-refractivity contribution in [1.29, 1.82) is 0 Å². The number of rotatable bonds is 6. The number of fused-ring (bicyclic) bond motifs is 3. The topological polar surface area (TPSA) is 91.7 Å². The molecule has 0 saturated heterocycles. The van der Waals surface area contributed by atoms with E-state index in [0.29, 0.717) is 25.2 Å². The third-order valence-electron chi connectivity index (χ3n) is 4.44. The number of carbonyl (C=O) groups is 2. The molecule has 162 valence electrons. The molecule has 0 bridgehead atoms. The van der Waals surface area contributed by atoms with Gasteiger partial charge in [-0.2, -0.15) is 5.10 Å². The fraction of sp³-hybridized carbons (Fsp3) is 0.476. The molecule has 0 fully saturated rings. The van der Waals surface area contributed by atoms with Crippen molar-refractivity contribution in [1.82, 2.24) is 15.1 Å². The minimum absolute atomic E-state index is 0.404. The van der Waals surface area contributed by atoms with E-state index in [1.165, 1.54) is 7.11 Å².